The lowest BCUT2D eigenvalue weighted by Gasteiger charge is -2.35. The molecule has 0 saturated carbocycles. The monoisotopic (exact) mass is 453 g/mol. The van der Waals surface area contributed by atoms with Crippen LogP contribution in [0.5, 0.6) is 0 Å². The van der Waals surface area contributed by atoms with Crippen molar-refractivity contribution in [3.63, 3.8) is 0 Å². The van der Waals surface area contributed by atoms with E-state index < -0.39 is 0 Å². The minimum absolute atomic E-state index is 0.0168. The fraction of sp³-hybridized carbons (Fsp3) is 0.310. The Balaban J connectivity index is 1.23. The van der Waals surface area contributed by atoms with Gasteiger partial charge in [0.2, 0.25) is 0 Å². The van der Waals surface area contributed by atoms with Gasteiger partial charge in [-0.15, -0.1) is 0 Å². The third-order valence-electron chi connectivity index (χ3n) is 7.03. The molecule has 1 aliphatic heterocycles. The van der Waals surface area contributed by atoms with Crippen molar-refractivity contribution >= 4 is 17.5 Å². The molecule has 1 saturated heterocycles. The van der Waals surface area contributed by atoms with Gasteiger partial charge < -0.3 is 15.5 Å². The highest BCUT2D eigenvalue weighted by Crippen LogP contribution is 2.31. The molecule has 1 fully saturated rings. The Morgan fingerprint density at radius 1 is 0.735 bits per heavy atom. The van der Waals surface area contributed by atoms with Crippen molar-refractivity contribution in [1.29, 1.82) is 0 Å². The highest BCUT2D eigenvalue weighted by molar-refractivity contribution is 6.00. The van der Waals surface area contributed by atoms with Crippen LogP contribution in [0.4, 0.5) is 5.69 Å². The van der Waals surface area contributed by atoms with Gasteiger partial charge in [0.1, 0.15) is 0 Å². The molecule has 2 amide bonds. The predicted molar refractivity (Wildman–Crippen MR) is 135 cm³/mol. The number of carbonyl (C=O) groups is 2. The number of piperidine rings is 1. The molecule has 0 bridgehead atoms. The van der Waals surface area contributed by atoms with E-state index in [-0.39, 0.29) is 23.9 Å². The Kier molecular flexibility index (Phi) is 6.61. The van der Waals surface area contributed by atoms with Crippen molar-refractivity contribution in [2.24, 2.45) is 0 Å². The fourth-order valence-electron chi connectivity index (χ4n) is 5.20. The lowest BCUT2D eigenvalue weighted by molar-refractivity contribution is 0.0926. The summed E-state index contributed by atoms with van der Waals surface area (Å²) in [7, 11) is 0. The maximum Gasteiger partial charge on any atom is 0.253 e. The van der Waals surface area contributed by atoms with Crippen LogP contribution in [-0.2, 0) is 6.42 Å². The molecule has 5 nitrogen and oxygen atoms in total. The van der Waals surface area contributed by atoms with Crippen molar-refractivity contribution in [3.8, 4) is 0 Å². The van der Waals surface area contributed by atoms with E-state index in [1.807, 2.05) is 54.6 Å². The number of amides is 2. The van der Waals surface area contributed by atoms with Crippen molar-refractivity contribution in [3.05, 3.63) is 101 Å². The van der Waals surface area contributed by atoms with Crippen LogP contribution in [-0.4, -0.2) is 30.9 Å². The van der Waals surface area contributed by atoms with Gasteiger partial charge in [-0.05, 0) is 67.5 Å². The minimum Gasteiger partial charge on any atom is -0.371 e. The van der Waals surface area contributed by atoms with E-state index in [1.54, 1.807) is 0 Å². The fourth-order valence-corrected chi connectivity index (χ4v) is 5.20. The average Bonchev–Trinajstić information content (AvgIpc) is 2.90. The van der Waals surface area contributed by atoms with Gasteiger partial charge in [0.25, 0.3) is 11.8 Å². The Morgan fingerprint density at radius 2 is 1.44 bits per heavy atom. The lowest BCUT2D eigenvalue weighted by Crippen LogP contribution is -2.45. The van der Waals surface area contributed by atoms with E-state index in [0.29, 0.717) is 5.56 Å². The highest BCUT2D eigenvalue weighted by atomic mass is 16.2. The zero-order valence-electron chi connectivity index (χ0n) is 19.4. The molecule has 3 aromatic rings. The molecule has 2 aliphatic rings. The van der Waals surface area contributed by atoms with Gasteiger partial charge in [-0.25, -0.2) is 0 Å². The van der Waals surface area contributed by atoms with E-state index in [2.05, 4.69) is 39.8 Å². The maximum absolute atomic E-state index is 13.4. The number of carbonyl (C=O) groups excluding carboxylic acids is 2. The average molecular weight is 454 g/mol. The van der Waals surface area contributed by atoms with Gasteiger partial charge >= 0.3 is 0 Å². The molecule has 1 atom stereocenters. The molecule has 3 aromatic carbocycles. The van der Waals surface area contributed by atoms with E-state index in [0.717, 1.165) is 56.4 Å². The second-order valence-corrected chi connectivity index (χ2v) is 9.24. The summed E-state index contributed by atoms with van der Waals surface area (Å²) in [5, 5.41) is 6.46. The zero-order valence-corrected chi connectivity index (χ0v) is 19.4. The van der Waals surface area contributed by atoms with Crippen LogP contribution >= 0.6 is 0 Å². The topological polar surface area (TPSA) is 61.4 Å². The van der Waals surface area contributed by atoms with Gasteiger partial charge in [0, 0.05) is 30.4 Å². The zero-order chi connectivity index (χ0) is 23.3. The Morgan fingerprint density at radius 3 is 2.26 bits per heavy atom. The second kappa shape index (κ2) is 10.1. The molecule has 1 aliphatic carbocycles. The molecule has 0 unspecified atom stereocenters. The molecule has 5 heteroatoms. The summed E-state index contributed by atoms with van der Waals surface area (Å²) in [5.74, 6) is -0.0385. The Hall–Kier alpha value is -3.60. The van der Waals surface area contributed by atoms with Crippen LogP contribution < -0.4 is 15.5 Å². The van der Waals surface area contributed by atoms with Gasteiger partial charge in [-0.2, -0.15) is 0 Å². The smallest absolute Gasteiger partial charge is 0.253 e. The third kappa shape index (κ3) is 4.84. The number of hydrogen-bond donors (Lipinski definition) is 2. The summed E-state index contributed by atoms with van der Waals surface area (Å²) in [5.41, 5.74) is 4.96. The lowest BCUT2D eigenvalue weighted by atomic mass is 9.87. The third-order valence-corrected chi connectivity index (χ3v) is 7.03. The molecule has 0 radical (unpaired) electrons. The maximum atomic E-state index is 13.4. The summed E-state index contributed by atoms with van der Waals surface area (Å²) in [6, 6.07) is 25.9. The quantitative estimate of drug-likeness (QED) is 0.578. The number of para-hydroxylation sites is 1. The Bertz CT molecular complexity index is 1150. The van der Waals surface area contributed by atoms with Crippen LogP contribution in [0.2, 0.25) is 0 Å². The molecule has 1 heterocycles. The van der Waals surface area contributed by atoms with Crippen molar-refractivity contribution in [2.75, 3.05) is 18.0 Å². The first-order valence-corrected chi connectivity index (χ1v) is 12.3. The molecular weight excluding hydrogens is 422 g/mol. The van der Waals surface area contributed by atoms with Crippen LogP contribution in [0.1, 0.15) is 63.6 Å². The first kappa shape index (κ1) is 22.2. The van der Waals surface area contributed by atoms with Crippen LogP contribution in [0.25, 0.3) is 0 Å². The summed E-state index contributed by atoms with van der Waals surface area (Å²) >= 11 is 0. The van der Waals surface area contributed by atoms with Gasteiger partial charge in [0.15, 0.2) is 0 Å². The predicted octanol–water partition coefficient (Wildman–Crippen LogP) is 4.89. The van der Waals surface area contributed by atoms with E-state index in [1.165, 1.54) is 11.1 Å². The molecule has 34 heavy (non-hydrogen) atoms. The first-order valence-electron chi connectivity index (χ1n) is 12.3. The number of hydrogen-bond acceptors (Lipinski definition) is 3. The van der Waals surface area contributed by atoms with Crippen molar-refractivity contribution < 1.29 is 9.59 Å². The van der Waals surface area contributed by atoms with Crippen molar-refractivity contribution in [1.82, 2.24) is 10.6 Å². The number of fused-ring (bicyclic) bond motifs is 1. The number of anilines is 1. The Labute approximate surface area is 201 Å². The minimum atomic E-state index is -0.0217. The molecular formula is C29H31N3O2. The van der Waals surface area contributed by atoms with Crippen molar-refractivity contribution in [2.45, 2.75) is 44.2 Å². The number of aryl methyl sites for hydroxylation is 1. The number of benzene rings is 3. The number of rotatable bonds is 5. The second-order valence-electron chi connectivity index (χ2n) is 9.24. The van der Waals surface area contributed by atoms with Gasteiger partial charge in [0.05, 0.1) is 11.6 Å². The van der Waals surface area contributed by atoms with E-state index in [9.17, 15) is 9.59 Å². The van der Waals surface area contributed by atoms with Crippen LogP contribution in [0, 0.1) is 0 Å². The number of nitrogens with one attached hydrogen (secondary N) is 2. The normalized spacial score (nSPS) is 18.1. The first-order chi connectivity index (χ1) is 16.7. The highest BCUT2D eigenvalue weighted by Gasteiger charge is 2.26. The summed E-state index contributed by atoms with van der Waals surface area (Å²) < 4.78 is 0. The molecule has 0 spiro atoms. The standard InChI is InChI=1S/C29H31N3O2/c33-28(22-10-2-1-3-11-22)30-23-17-19-32(20-18-23)27-16-7-6-14-25(27)29(34)31-26-15-8-12-21-9-4-5-13-24(21)26/h1-7,9-11,13-14,16,23,26H,8,12,15,17-20H2,(H,30,33)(H,31,34)/t26-/m1/s1. The van der Waals surface area contributed by atoms with E-state index >= 15 is 0 Å². The van der Waals surface area contributed by atoms with Gasteiger partial charge in [-0.1, -0.05) is 54.6 Å². The molecule has 0 aromatic heterocycles. The SMILES string of the molecule is O=C(NC1CCN(c2ccccc2C(=O)N[C@@H]2CCCc3ccccc32)CC1)c1ccccc1. The van der Waals surface area contributed by atoms with Gasteiger partial charge in [-0.3, -0.25) is 9.59 Å². The molecule has 174 valence electrons. The molecule has 2 N–H and O–H groups in total. The largest absolute Gasteiger partial charge is 0.371 e. The van der Waals surface area contributed by atoms with Crippen LogP contribution in [0.3, 0.4) is 0 Å². The number of nitrogens with zero attached hydrogens (tertiary/aromatic N) is 1. The summed E-state index contributed by atoms with van der Waals surface area (Å²) in [6.45, 7) is 1.60. The molecule has 5 rings (SSSR count). The summed E-state index contributed by atoms with van der Waals surface area (Å²) in [4.78, 5) is 28.1. The van der Waals surface area contributed by atoms with E-state index in [4.69, 9.17) is 0 Å². The summed E-state index contributed by atoms with van der Waals surface area (Å²) in [6.07, 6.45) is 4.84. The van der Waals surface area contributed by atoms with Crippen LogP contribution in [0.15, 0.2) is 78.9 Å².